The minimum Gasteiger partial charge on any atom is -0.491 e. The van der Waals surface area contributed by atoms with Crippen molar-refractivity contribution in [2.45, 2.75) is 25.7 Å². The monoisotopic (exact) mass is 289 g/mol. The van der Waals surface area contributed by atoms with E-state index in [1.807, 2.05) is 23.8 Å². The number of imidazole rings is 1. The Balaban J connectivity index is 1.90. The second-order valence-corrected chi connectivity index (χ2v) is 5.26. The van der Waals surface area contributed by atoms with E-state index in [4.69, 9.17) is 4.74 Å². The van der Waals surface area contributed by atoms with E-state index in [0.29, 0.717) is 18.3 Å². The first-order chi connectivity index (χ1) is 10.3. The van der Waals surface area contributed by atoms with Gasteiger partial charge in [0.1, 0.15) is 0 Å². The lowest BCUT2D eigenvalue weighted by Crippen LogP contribution is -2.27. The Bertz CT molecular complexity index is 605. The van der Waals surface area contributed by atoms with Gasteiger partial charge in [-0.25, -0.2) is 9.37 Å². The van der Waals surface area contributed by atoms with E-state index in [2.05, 4.69) is 10.3 Å². The van der Waals surface area contributed by atoms with Crippen LogP contribution < -0.4 is 10.1 Å². The first-order valence-electron chi connectivity index (χ1n) is 7.45. The number of halogens is 1. The molecular weight excluding hydrogens is 269 g/mol. The van der Waals surface area contributed by atoms with Gasteiger partial charge in [-0.3, -0.25) is 0 Å². The van der Waals surface area contributed by atoms with Crippen LogP contribution in [0.5, 0.6) is 5.75 Å². The van der Waals surface area contributed by atoms with Crippen molar-refractivity contribution in [2.24, 2.45) is 0 Å². The fourth-order valence-corrected chi connectivity index (χ4v) is 2.85. The molecule has 0 aliphatic carbocycles. The Morgan fingerprint density at radius 2 is 2.19 bits per heavy atom. The molecule has 2 aromatic rings. The van der Waals surface area contributed by atoms with E-state index in [0.717, 1.165) is 37.3 Å². The topological polar surface area (TPSA) is 39.1 Å². The van der Waals surface area contributed by atoms with Crippen molar-refractivity contribution in [3.8, 4) is 11.4 Å². The SMILES string of the molecule is CCOc1ccc(-n2cncc2C2CCNCC2)cc1F. The van der Waals surface area contributed by atoms with Crippen LogP contribution in [0.15, 0.2) is 30.7 Å². The van der Waals surface area contributed by atoms with Crippen LogP contribution in [0.4, 0.5) is 4.39 Å². The summed E-state index contributed by atoms with van der Waals surface area (Å²) in [6, 6.07) is 5.07. The lowest BCUT2D eigenvalue weighted by Gasteiger charge is -2.23. The molecule has 0 amide bonds. The van der Waals surface area contributed by atoms with Gasteiger partial charge in [0.15, 0.2) is 11.6 Å². The van der Waals surface area contributed by atoms with Gasteiger partial charge < -0.3 is 14.6 Å². The van der Waals surface area contributed by atoms with Crippen molar-refractivity contribution in [2.75, 3.05) is 19.7 Å². The van der Waals surface area contributed by atoms with Gasteiger partial charge in [-0.05, 0) is 45.0 Å². The summed E-state index contributed by atoms with van der Waals surface area (Å²) in [6.07, 6.45) is 5.83. The van der Waals surface area contributed by atoms with Gasteiger partial charge in [-0.1, -0.05) is 0 Å². The van der Waals surface area contributed by atoms with Crippen LogP contribution in [0.25, 0.3) is 5.69 Å². The summed E-state index contributed by atoms with van der Waals surface area (Å²) in [4.78, 5) is 4.25. The van der Waals surface area contributed by atoms with Gasteiger partial charge in [-0.15, -0.1) is 0 Å². The predicted molar refractivity (Wildman–Crippen MR) is 79.5 cm³/mol. The molecule has 0 bridgehead atoms. The van der Waals surface area contributed by atoms with E-state index < -0.39 is 0 Å². The molecule has 1 aromatic carbocycles. The number of nitrogens with zero attached hydrogens (tertiary/aromatic N) is 2. The summed E-state index contributed by atoms with van der Waals surface area (Å²) in [5, 5.41) is 3.36. The highest BCUT2D eigenvalue weighted by atomic mass is 19.1. The molecule has 0 spiro atoms. The van der Waals surface area contributed by atoms with Gasteiger partial charge in [-0.2, -0.15) is 0 Å². The molecule has 0 radical (unpaired) electrons. The summed E-state index contributed by atoms with van der Waals surface area (Å²) >= 11 is 0. The van der Waals surface area contributed by atoms with Gasteiger partial charge in [0.2, 0.25) is 0 Å². The molecule has 21 heavy (non-hydrogen) atoms. The fraction of sp³-hybridized carbons (Fsp3) is 0.438. The van der Waals surface area contributed by atoms with E-state index >= 15 is 0 Å². The lowest BCUT2D eigenvalue weighted by atomic mass is 9.95. The van der Waals surface area contributed by atoms with Crippen molar-refractivity contribution in [1.29, 1.82) is 0 Å². The molecule has 1 aliphatic heterocycles. The third kappa shape index (κ3) is 2.93. The van der Waals surface area contributed by atoms with E-state index in [-0.39, 0.29) is 5.82 Å². The van der Waals surface area contributed by atoms with Gasteiger partial charge in [0.05, 0.1) is 12.9 Å². The molecule has 4 nitrogen and oxygen atoms in total. The molecule has 112 valence electrons. The number of hydrogen-bond donors (Lipinski definition) is 1. The molecule has 0 saturated carbocycles. The molecule has 1 saturated heterocycles. The van der Waals surface area contributed by atoms with Crippen molar-refractivity contribution < 1.29 is 9.13 Å². The third-order valence-electron chi connectivity index (χ3n) is 3.92. The van der Waals surface area contributed by atoms with E-state index in [1.54, 1.807) is 12.4 Å². The highest BCUT2D eigenvalue weighted by Gasteiger charge is 2.19. The van der Waals surface area contributed by atoms with Gasteiger partial charge >= 0.3 is 0 Å². The van der Waals surface area contributed by atoms with Crippen LogP contribution in [0.1, 0.15) is 31.4 Å². The summed E-state index contributed by atoms with van der Waals surface area (Å²) < 4.78 is 21.3. The third-order valence-corrected chi connectivity index (χ3v) is 3.92. The zero-order chi connectivity index (χ0) is 14.7. The molecule has 3 rings (SSSR count). The normalized spacial score (nSPS) is 16.1. The molecule has 1 aromatic heterocycles. The highest BCUT2D eigenvalue weighted by molar-refractivity contribution is 5.40. The molecule has 1 aliphatic rings. The number of rotatable bonds is 4. The Morgan fingerprint density at radius 3 is 2.90 bits per heavy atom. The number of aromatic nitrogens is 2. The molecule has 1 fully saturated rings. The number of hydrogen-bond acceptors (Lipinski definition) is 3. The number of nitrogens with one attached hydrogen (secondary N) is 1. The molecule has 1 N–H and O–H groups in total. The minimum absolute atomic E-state index is 0.296. The molecular formula is C16H20FN3O. The Labute approximate surface area is 124 Å². The maximum atomic E-state index is 14.0. The van der Waals surface area contributed by atoms with Crippen LogP contribution in [0.2, 0.25) is 0 Å². The van der Waals surface area contributed by atoms with Gasteiger partial charge in [0.25, 0.3) is 0 Å². The summed E-state index contributed by atoms with van der Waals surface area (Å²) in [7, 11) is 0. The van der Waals surface area contributed by atoms with Crippen molar-refractivity contribution in [3.05, 3.63) is 42.2 Å². The smallest absolute Gasteiger partial charge is 0.167 e. The van der Waals surface area contributed by atoms with Crippen molar-refractivity contribution in [1.82, 2.24) is 14.9 Å². The van der Waals surface area contributed by atoms with Crippen LogP contribution in [0.3, 0.4) is 0 Å². The molecule has 2 heterocycles. The largest absolute Gasteiger partial charge is 0.491 e. The summed E-state index contributed by atoms with van der Waals surface area (Å²) in [5.41, 5.74) is 1.95. The zero-order valence-corrected chi connectivity index (χ0v) is 12.2. The molecule has 0 unspecified atom stereocenters. The standard InChI is InChI=1S/C16H20FN3O/c1-2-21-16-4-3-13(9-14(16)17)20-11-19-10-15(20)12-5-7-18-8-6-12/h3-4,9-12,18H,2,5-8H2,1H3. The minimum atomic E-state index is -0.334. The number of ether oxygens (including phenoxy) is 1. The van der Waals surface area contributed by atoms with Crippen molar-refractivity contribution in [3.63, 3.8) is 0 Å². The average molecular weight is 289 g/mol. The van der Waals surface area contributed by atoms with Crippen LogP contribution in [-0.2, 0) is 0 Å². The number of benzene rings is 1. The van der Waals surface area contributed by atoms with E-state index in [1.165, 1.54) is 6.07 Å². The zero-order valence-electron chi connectivity index (χ0n) is 12.2. The second kappa shape index (κ2) is 6.26. The first-order valence-corrected chi connectivity index (χ1v) is 7.45. The number of piperidine rings is 1. The van der Waals surface area contributed by atoms with Crippen LogP contribution in [0, 0.1) is 5.82 Å². The Hall–Kier alpha value is -1.88. The maximum absolute atomic E-state index is 14.0. The highest BCUT2D eigenvalue weighted by Crippen LogP contribution is 2.28. The van der Waals surface area contributed by atoms with Crippen LogP contribution in [-0.4, -0.2) is 29.2 Å². The van der Waals surface area contributed by atoms with Crippen molar-refractivity contribution >= 4 is 0 Å². The Morgan fingerprint density at radius 1 is 1.38 bits per heavy atom. The first kappa shape index (κ1) is 14.1. The van der Waals surface area contributed by atoms with Crippen LogP contribution >= 0.6 is 0 Å². The quantitative estimate of drug-likeness (QED) is 0.940. The summed E-state index contributed by atoms with van der Waals surface area (Å²) in [6.45, 7) is 4.35. The lowest BCUT2D eigenvalue weighted by molar-refractivity contribution is 0.321. The second-order valence-electron chi connectivity index (χ2n) is 5.26. The van der Waals surface area contributed by atoms with Gasteiger partial charge in [0, 0.05) is 29.6 Å². The van der Waals surface area contributed by atoms with E-state index in [9.17, 15) is 4.39 Å². The molecule has 5 heteroatoms. The average Bonchev–Trinajstić information content (AvgIpc) is 3.00. The predicted octanol–water partition coefficient (Wildman–Crippen LogP) is 2.88. The molecule has 0 atom stereocenters. The summed E-state index contributed by atoms with van der Waals surface area (Å²) in [5.74, 6) is 0.437. The Kier molecular flexibility index (Phi) is 4.20. The maximum Gasteiger partial charge on any atom is 0.167 e. The fourth-order valence-electron chi connectivity index (χ4n) is 2.85.